The average Bonchev–Trinajstić information content (AvgIpc) is 2.59. The molecule has 0 saturated heterocycles. The molecule has 0 radical (unpaired) electrons. The van der Waals surface area contributed by atoms with Crippen molar-refractivity contribution in [2.45, 2.75) is 13.0 Å². The molecular weight excluding hydrogens is 280 g/mol. The summed E-state index contributed by atoms with van der Waals surface area (Å²) >= 11 is 0. The monoisotopic (exact) mass is 296 g/mol. The van der Waals surface area contributed by atoms with Gasteiger partial charge in [0.25, 0.3) is 5.91 Å². The van der Waals surface area contributed by atoms with Crippen LogP contribution < -0.4 is 14.9 Å². The van der Waals surface area contributed by atoms with Crippen molar-refractivity contribution >= 4 is 11.6 Å². The van der Waals surface area contributed by atoms with E-state index in [9.17, 15) is 4.79 Å². The first-order valence-electron chi connectivity index (χ1n) is 7.02. The summed E-state index contributed by atoms with van der Waals surface area (Å²) in [4.78, 5) is 12.1. The summed E-state index contributed by atoms with van der Waals surface area (Å²) in [6.07, 6.45) is -0.706. The Balaban J connectivity index is 1.64. The Kier molecular flexibility index (Phi) is 4.05. The number of nitrogens with zero attached hydrogens (tertiary/aromatic N) is 1. The Morgan fingerprint density at radius 1 is 1.09 bits per heavy atom. The molecule has 0 saturated carbocycles. The summed E-state index contributed by atoms with van der Waals surface area (Å²) in [6, 6.07) is 16.9. The Morgan fingerprint density at radius 2 is 1.77 bits per heavy atom. The largest absolute Gasteiger partial charge is 0.485 e. The minimum atomic E-state index is -0.706. The molecule has 0 unspecified atom stereocenters. The van der Waals surface area contributed by atoms with Crippen LogP contribution in [0.5, 0.6) is 11.5 Å². The van der Waals surface area contributed by atoms with E-state index in [0.717, 1.165) is 11.3 Å². The molecule has 0 fully saturated rings. The molecule has 5 nitrogen and oxygen atoms in total. The quantitative estimate of drug-likeness (QED) is 0.698. The number of amides is 1. The number of ether oxygens (including phenoxy) is 2. The number of hydrogen-bond acceptors (Lipinski definition) is 4. The van der Waals surface area contributed by atoms with E-state index in [2.05, 4.69) is 10.5 Å². The first kappa shape index (κ1) is 14.1. The maximum Gasteiger partial charge on any atom is 0.284 e. The highest BCUT2D eigenvalue weighted by molar-refractivity contribution is 5.99. The number of fused-ring (bicyclic) bond motifs is 1. The molecule has 1 heterocycles. The van der Waals surface area contributed by atoms with Gasteiger partial charge in [0.2, 0.25) is 6.10 Å². The second kappa shape index (κ2) is 6.30. The maximum absolute atomic E-state index is 12.1. The highest BCUT2D eigenvalue weighted by Gasteiger charge is 2.27. The van der Waals surface area contributed by atoms with Gasteiger partial charge in [0, 0.05) is 0 Å². The van der Waals surface area contributed by atoms with Gasteiger partial charge in [-0.3, -0.25) is 4.79 Å². The summed E-state index contributed by atoms with van der Waals surface area (Å²) < 4.78 is 11.1. The van der Waals surface area contributed by atoms with Gasteiger partial charge in [0.05, 0.1) is 5.71 Å². The minimum Gasteiger partial charge on any atom is -0.485 e. The van der Waals surface area contributed by atoms with Crippen molar-refractivity contribution in [1.82, 2.24) is 5.43 Å². The van der Waals surface area contributed by atoms with Crippen LogP contribution in [0.4, 0.5) is 0 Å². The van der Waals surface area contributed by atoms with Crippen molar-refractivity contribution in [2.75, 3.05) is 6.61 Å². The van der Waals surface area contributed by atoms with Crippen LogP contribution in [-0.2, 0) is 4.79 Å². The van der Waals surface area contributed by atoms with Crippen LogP contribution >= 0.6 is 0 Å². The topological polar surface area (TPSA) is 59.9 Å². The summed E-state index contributed by atoms with van der Waals surface area (Å²) in [5.41, 5.74) is 4.21. The lowest BCUT2D eigenvalue weighted by Gasteiger charge is -2.24. The normalized spacial score (nSPS) is 17.0. The maximum atomic E-state index is 12.1. The molecule has 3 rings (SSSR count). The molecule has 0 aromatic heterocycles. The zero-order chi connectivity index (χ0) is 15.4. The Hall–Kier alpha value is -2.82. The third kappa shape index (κ3) is 3.09. The summed E-state index contributed by atoms with van der Waals surface area (Å²) in [6.45, 7) is 2.01. The van der Waals surface area contributed by atoms with E-state index in [-0.39, 0.29) is 12.5 Å². The number of rotatable bonds is 3. The van der Waals surface area contributed by atoms with Gasteiger partial charge in [-0.15, -0.1) is 0 Å². The first-order valence-corrected chi connectivity index (χ1v) is 7.02. The Labute approximate surface area is 128 Å². The number of benzene rings is 2. The summed E-state index contributed by atoms with van der Waals surface area (Å²) in [7, 11) is 0. The number of nitrogens with one attached hydrogen (secondary N) is 1. The van der Waals surface area contributed by atoms with Crippen LogP contribution in [0.1, 0.15) is 12.5 Å². The molecule has 0 spiro atoms. The van der Waals surface area contributed by atoms with E-state index in [0.29, 0.717) is 11.5 Å². The van der Waals surface area contributed by atoms with Gasteiger partial charge < -0.3 is 9.47 Å². The lowest BCUT2D eigenvalue weighted by Crippen LogP contribution is -2.42. The molecule has 0 aliphatic carbocycles. The second-order valence-corrected chi connectivity index (χ2v) is 4.90. The molecule has 1 N–H and O–H groups in total. The third-order valence-electron chi connectivity index (χ3n) is 3.33. The lowest BCUT2D eigenvalue weighted by molar-refractivity contribution is -0.130. The van der Waals surface area contributed by atoms with Crippen molar-refractivity contribution in [2.24, 2.45) is 5.10 Å². The third-order valence-corrected chi connectivity index (χ3v) is 3.33. The predicted octanol–water partition coefficient (Wildman–Crippen LogP) is 2.37. The van der Waals surface area contributed by atoms with E-state index in [1.165, 1.54) is 0 Å². The van der Waals surface area contributed by atoms with Gasteiger partial charge in [0.15, 0.2) is 11.5 Å². The van der Waals surface area contributed by atoms with E-state index in [1.807, 2.05) is 49.4 Å². The zero-order valence-corrected chi connectivity index (χ0v) is 12.2. The Bertz CT molecular complexity index is 698. The number of para-hydroxylation sites is 2. The van der Waals surface area contributed by atoms with Crippen LogP contribution in [0.15, 0.2) is 59.7 Å². The molecule has 5 heteroatoms. The van der Waals surface area contributed by atoms with Crippen molar-refractivity contribution in [3.8, 4) is 11.5 Å². The molecule has 2 aromatic rings. The van der Waals surface area contributed by atoms with Crippen LogP contribution in [0.2, 0.25) is 0 Å². The molecule has 1 aliphatic rings. The highest BCUT2D eigenvalue weighted by Crippen LogP contribution is 2.30. The predicted molar refractivity (Wildman–Crippen MR) is 83.1 cm³/mol. The molecule has 1 atom stereocenters. The number of carbonyl (C=O) groups excluding carboxylic acids is 1. The van der Waals surface area contributed by atoms with Crippen molar-refractivity contribution < 1.29 is 14.3 Å². The minimum absolute atomic E-state index is 0.169. The van der Waals surface area contributed by atoms with Crippen LogP contribution in [-0.4, -0.2) is 24.3 Å². The van der Waals surface area contributed by atoms with E-state index < -0.39 is 6.10 Å². The molecular formula is C17H16N2O3. The molecule has 2 aromatic carbocycles. The van der Waals surface area contributed by atoms with Crippen molar-refractivity contribution in [1.29, 1.82) is 0 Å². The smallest absolute Gasteiger partial charge is 0.284 e. The number of carbonyl (C=O) groups is 1. The zero-order valence-electron chi connectivity index (χ0n) is 12.2. The fourth-order valence-electron chi connectivity index (χ4n) is 2.10. The van der Waals surface area contributed by atoms with Crippen LogP contribution in [0, 0.1) is 0 Å². The fraction of sp³-hybridized carbons (Fsp3) is 0.176. The fourth-order valence-corrected chi connectivity index (χ4v) is 2.10. The molecule has 1 aliphatic heterocycles. The number of hydrazone groups is 1. The first-order chi connectivity index (χ1) is 10.7. The molecule has 0 bridgehead atoms. The molecule has 22 heavy (non-hydrogen) atoms. The van der Waals surface area contributed by atoms with Crippen LogP contribution in [0.3, 0.4) is 0 Å². The van der Waals surface area contributed by atoms with E-state index >= 15 is 0 Å². The van der Waals surface area contributed by atoms with Gasteiger partial charge in [-0.1, -0.05) is 42.5 Å². The van der Waals surface area contributed by atoms with Gasteiger partial charge in [0.1, 0.15) is 6.61 Å². The SMILES string of the molecule is C/C(=N\NC(=O)[C@@H]1COc2ccccc2O1)c1ccccc1. The average molecular weight is 296 g/mol. The van der Waals surface area contributed by atoms with Gasteiger partial charge >= 0.3 is 0 Å². The second-order valence-electron chi connectivity index (χ2n) is 4.90. The summed E-state index contributed by atoms with van der Waals surface area (Å²) in [5, 5.41) is 4.11. The van der Waals surface area contributed by atoms with Crippen molar-refractivity contribution in [3.63, 3.8) is 0 Å². The van der Waals surface area contributed by atoms with Crippen molar-refractivity contribution in [3.05, 3.63) is 60.2 Å². The highest BCUT2D eigenvalue weighted by atomic mass is 16.6. The van der Waals surface area contributed by atoms with Gasteiger partial charge in [-0.05, 0) is 24.6 Å². The van der Waals surface area contributed by atoms with Crippen LogP contribution in [0.25, 0.3) is 0 Å². The van der Waals surface area contributed by atoms with Gasteiger partial charge in [-0.2, -0.15) is 5.10 Å². The number of hydrogen-bond donors (Lipinski definition) is 1. The molecule has 112 valence electrons. The summed E-state index contributed by atoms with van der Waals surface area (Å²) in [5.74, 6) is 0.887. The van der Waals surface area contributed by atoms with Gasteiger partial charge in [-0.25, -0.2) is 5.43 Å². The van der Waals surface area contributed by atoms with E-state index in [1.54, 1.807) is 12.1 Å². The lowest BCUT2D eigenvalue weighted by atomic mass is 10.1. The Morgan fingerprint density at radius 3 is 2.55 bits per heavy atom. The standard InChI is InChI=1S/C17H16N2O3/c1-12(13-7-3-2-4-8-13)18-19-17(20)16-11-21-14-9-5-6-10-15(14)22-16/h2-10,16H,11H2,1H3,(H,19,20)/b18-12+/t16-/m0/s1. The van der Waals surface area contributed by atoms with E-state index in [4.69, 9.17) is 9.47 Å². The molecule has 1 amide bonds.